The van der Waals surface area contributed by atoms with Crippen molar-refractivity contribution in [2.45, 2.75) is 18.4 Å². The van der Waals surface area contributed by atoms with Crippen molar-refractivity contribution in [2.75, 3.05) is 18.0 Å². The largest absolute Gasteiger partial charge is 0.508 e. The van der Waals surface area contributed by atoms with Crippen LogP contribution < -0.4 is 10.3 Å². The van der Waals surface area contributed by atoms with Gasteiger partial charge in [0.05, 0.1) is 11.0 Å². The zero-order valence-corrected chi connectivity index (χ0v) is 13.7. The summed E-state index contributed by atoms with van der Waals surface area (Å²) in [6, 6.07) is 14.1. The highest BCUT2D eigenvalue weighted by Gasteiger charge is 2.34. The molecule has 0 radical (unpaired) electrons. The summed E-state index contributed by atoms with van der Waals surface area (Å²) in [5.41, 5.74) is 0.794. The Hall–Kier alpha value is -2.79. The first-order valence-corrected chi connectivity index (χ1v) is 8.34. The Labute approximate surface area is 144 Å². The van der Waals surface area contributed by atoms with Crippen molar-refractivity contribution in [3.63, 3.8) is 0 Å². The number of hydrogen-bond acceptors (Lipinski definition) is 5. The standard InChI is InChI=1S/C20H19NO4/c22-15-6-7-16-18(12-15)25-13-17(19(16)23)21-10-8-20(24,9-11-21)14-4-2-1-3-5-14/h1-7,12-13,22,24H,8-11H2. The van der Waals surface area contributed by atoms with Crippen molar-refractivity contribution in [1.82, 2.24) is 0 Å². The fraction of sp³-hybridized carbons (Fsp3) is 0.250. The van der Waals surface area contributed by atoms with Crippen LogP contribution in [0.15, 0.2) is 64.0 Å². The molecular weight excluding hydrogens is 318 g/mol. The van der Waals surface area contributed by atoms with Crippen LogP contribution in [0.25, 0.3) is 11.0 Å². The number of anilines is 1. The highest BCUT2D eigenvalue weighted by atomic mass is 16.3. The van der Waals surface area contributed by atoms with Gasteiger partial charge in [-0.25, -0.2) is 0 Å². The van der Waals surface area contributed by atoms with E-state index in [0.29, 0.717) is 42.6 Å². The van der Waals surface area contributed by atoms with Crippen LogP contribution in [0.5, 0.6) is 5.75 Å². The maximum absolute atomic E-state index is 12.7. The summed E-state index contributed by atoms with van der Waals surface area (Å²) in [6.45, 7) is 1.14. The average Bonchev–Trinajstić information content (AvgIpc) is 2.64. The van der Waals surface area contributed by atoms with Crippen molar-refractivity contribution >= 4 is 16.7 Å². The number of nitrogens with zero attached hydrogens (tertiary/aromatic N) is 1. The smallest absolute Gasteiger partial charge is 0.215 e. The number of phenols is 1. The zero-order chi connectivity index (χ0) is 17.4. The lowest BCUT2D eigenvalue weighted by atomic mass is 9.84. The molecule has 0 amide bonds. The van der Waals surface area contributed by atoms with Gasteiger partial charge in [0.15, 0.2) is 0 Å². The van der Waals surface area contributed by atoms with E-state index < -0.39 is 5.60 Å². The lowest BCUT2D eigenvalue weighted by Gasteiger charge is -2.39. The van der Waals surface area contributed by atoms with Crippen LogP contribution in [-0.2, 0) is 5.60 Å². The van der Waals surface area contributed by atoms with Crippen LogP contribution in [0, 0.1) is 0 Å². The number of benzene rings is 2. The molecule has 1 aromatic heterocycles. The first kappa shape index (κ1) is 15.7. The molecule has 5 heteroatoms. The van der Waals surface area contributed by atoms with Crippen molar-refractivity contribution in [1.29, 1.82) is 0 Å². The minimum absolute atomic E-state index is 0.0642. The van der Waals surface area contributed by atoms with E-state index in [0.717, 1.165) is 5.56 Å². The SMILES string of the molecule is O=c1c(N2CCC(O)(c3ccccc3)CC2)coc2cc(O)ccc12. The van der Waals surface area contributed by atoms with Crippen molar-refractivity contribution in [3.8, 4) is 5.75 Å². The highest BCUT2D eigenvalue weighted by molar-refractivity contribution is 5.80. The summed E-state index contributed by atoms with van der Waals surface area (Å²) in [6.07, 6.45) is 2.53. The van der Waals surface area contributed by atoms with Gasteiger partial charge < -0.3 is 19.5 Å². The molecule has 128 valence electrons. The van der Waals surface area contributed by atoms with E-state index in [1.165, 1.54) is 18.4 Å². The third-order valence-corrected chi connectivity index (χ3v) is 4.98. The third kappa shape index (κ3) is 2.76. The van der Waals surface area contributed by atoms with E-state index in [1.54, 1.807) is 6.07 Å². The molecule has 1 saturated heterocycles. The Balaban J connectivity index is 1.61. The molecule has 1 fully saturated rings. The minimum atomic E-state index is -0.861. The summed E-state index contributed by atoms with van der Waals surface area (Å²) >= 11 is 0. The third-order valence-electron chi connectivity index (χ3n) is 4.98. The molecule has 1 aliphatic rings. The van der Waals surface area contributed by atoms with Gasteiger partial charge in [-0.05, 0) is 30.5 Å². The van der Waals surface area contributed by atoms with Gasteiger partial charge >= 0.3 is 0 Å². The Morgan fingerprint density at radius 3 is 2.48 bits per heavy atom. The molecule has 2 N–H and O–H groups in total. The quantitative estimate of drug-likeness (QED) is 0.752. The second kappa shape index (κ2) is 5.93. The summed E-state index contributed by atoms with van der Waals surface area (Å²) in [5, 5.41) is 20.9. The molecule has 2 aromatic carbocycles. The molecule has 0 saturated carbocycles. The number of fused-ring (bicyclic) bond motifs is 1. The van der Waals surface area contributed by atoms with E-state index >= 15 is 0 Å². The fourth-order valence-corrected chi connectivity index (χ4v) is 3.48. The van der Waals surface area contributed by atoms with Crippen LogP contribution >= 0.6 is 0 Å². The van der Waals surface area contributed by atoms with Crippen LogP contribution in [0.1, 0.15) is 18.4 Å². The van der Waals surface area contributed by atoms with Gasteiger partial charge in [0.25, 0.3) is 0 Å². The Kier molecular flexibility index (Phi) is 3.73. The van der Waals surface area contributed by atoms with Gasteiger partial charge in [-0.1, -0.05) is 30.3 Å². The molecule has 25 heavy (non-hydrogen) atoms. The molecule has 2 heterocycles. The van der Waals surface area contributed by atoms with Crippen molar-refractivity contribution in [2.24, 2.45) is 0 Å². The van der Waals surface area contributed by atoms with E-state index in [9.17, 15) is 15.0 Å². The molecule has 5 nitrogen and oxygen atoms in total. The van der Waals surface area contributed by atoms with E-state index in [4.69, 9.17) is 4.42 Å². The van der Waals surface area contributed by atoms with Gasteiger partial charge in [0.1, 0.15) is 23.3 Å². The molecule has 4 rings (SSSR count). The summed E-state index contributed by atoms with van der Waals surface area (Å²) in [7, 11) is 0. The Morgan fingerprint density at radius 1 is 1.04 bits per heavy atom. The number of phenolic OH excluding ortho intramolecular Hbond substituents is 1. The van der Waals surface area contributed by atoms with Gasteiger partial charge in [0.2, 0.25) is 5.43 Å². The Morgan fingerprint density at radius 2 is 1.76 bits per heavy atom. The molecular formula is C20H19NO4. The van der Waals surface area contributed by atoms with Crippen molar-refractivity contribution in [3.05, 3.63) is 70.6 Å². The number of aliphatic hydroxyl groups is 1. The van der Waals surface area contributed by atoms with E-state index in [-0.39, 0.29) is 11.2 Å². The number of hydrogen-bond donors (Lipinski definition) is 2. The van der Waals surface area contributed by atoms with E-state index in [1.807, 2.05) is 35.2 Å². The lowest BCUT2D eigenvalue weighted by Crippen LogP contribution is -2.44. The van der Waals surface area contributed by atoms with Gasteiger partial charge in [-0.3, -0.25) is 4.79 Å². The molecule has 0 unspecified atom stereocenters. The maximum Gasteiger partial charge on any atom is 0.215 e. The number of rotatable bonds is 2. The normalized spacial score (nSPS) is 16.9. The minimum Gasteiger partial charge on any atom is -0.508 e. The van der Waals surface area contributed by atoms with Crippen LogP contribution in [0.3, 0.4) is 0 Å². The number of piperidine rings is 1. The van der Waals surface area contributed by atoms with Crippen molar-refractivity contribution < 1.29 is 14.6 Å². The lowest BCUT2D eigenvalue weighted by molar-refractivity contribution is 0.0117. The fourth-order valence-electron chi connectivity index (χ4n) is 3.48. The Bertz CT molecular complexity index is 956. The van der Waals surface area contributed by atoms with Gasteiger partial charge in [-0.15, -0.1) is 0 Å². The molecule has 0 aliphatic carbocycles. The first-order valence-electron chi connectivity index (χ1n) is 8.34. The molecule has 3 aromatic rings. The maximum atomic E-state index is 12.7. The predicted molar refractivity (Wildman–Crippen MR) is 95.9 cm³/mol. The monoisotopic (exact) mass is 337 g/mol. The summed E-state index contributed by atoms with van der Waals surface area (Å²) in [4.78, 5) is 14.7. The van der Waals surface area contributed by atoms with E-state index in [2.05, 4.69) is 0 Å². The molecule has 1 aliphatic heterocycles. The van der Waals surface area contributed by atoms with Crippen LogP contribution in [-0.4, -0.2) is 23.3 Å². The summed E-state index contributed by atoms with van der Waals surface area (Å²) in [5.74, 6) is 0.0642. The van der Waals surface area contributed by atoms with Crippen LogP contribution in [0.2, 0.25) is 0 Å². The average molecular weight is 337 g/mol. The molecule has 0 bridgehead atoms. The summed E-state index contributed by atoms with van der Waals surface area (Å²) < 4.78 is 5.53. The first-order chi connectivity index (χ1) is 12.1. The predicted octanol–water partition coefficient (Wildman–Crippen LogP) is 2.99. The second-order valence-electron chi connectivity index (χ2n) is 6.52. The highest BCUT2D eigenvalue weighted by Crippen LogP contribution is 2.34. The van der Waals surface area contributed by atoms with Gasteiger partial charge in [0, 0.05) is 19.2 Å². The molecule has 0 spiro atoms. The molecule has 0 atom stereocenters. The number of aromatic hydroxyl groups is 1. The van der Waals surface area contributed by atoms with Crippen LogP contribution in [0.4, 0.5) is 5.69 Å². The van der Waals surface area contributed by atoms with Gasteiger partial charge in [-0.2, -0.15) is 0 Å². The zero-order valence-electron chi connectivity index (χ0n) is 13.7. The topological polar surface area (TPSA) is 73.9 Å². The second-order valence-corrected chi connectivity index (χ2v) is 6.52.